The lowest BCUT2D eigenvalue weighted by molar-refractivity contribution is 0.232. The molecule has 0 saturated carbocycles. The molecule has 0 bridgehead atoms. The smallest absolute Gasteiger partial charge is 0.328 e. The number of hydrogen-bond acceptors (Lipinski definition) is 5. The highest BCUT2D eigenvalue weighted by atomic mass is 32.3. The molecule has 0 spiro atoms. The molecule has 0 aromatic heterocycles. The molecule has 90 valence electrons. The molecule has 0 aliphatic carbocycles. The Labute approximate surface area is 89.6 Å². The summed E-state index contributed by atoms with van der Waals surface area (Å²) in [6, 6.07) is 0. The monoisotopic (exact) mass is 260 g/mol. The van der Waals surface area contributed by atoms with Crippen LogP contribution in [0.1, 0.15) is 0 Å². The summed E-state index contributed by atoms with van der Waals surface area (Å²) in [6.07, 6.45) is 3.09. The first-order valence-electron chi connectivity index (χ1n) is 3.47. The number of hydrogen-bond donors (Lipinski definition) is 3. The molecule has 0 radical (unpaired) electrons. The predicted molar refractivity (Wildman–Crippen MR) is 55.6 cm³/mol. The fourth-order valence-electron chi connectivity index (χ4n) is 0.270. The Morgan fingerprint density at radius 1 is 1.13 bits per heavy atom. The third kappa shape index (κ3) is 31.7. The van der Waals surface area contributed by atoms with Gasteiger partial charge < -0.3 is 13.9 Å². The Hall–Kier alpha value is -0.340. The minimum atomic E-state index is -4.67. The maximum Gasteiger partial charge on any atom is 0.394 e. The Balaban J connectivity index is 0. The van der Waals surface area contributed by atoms with E-state index in [4.69, 9.17) is 31.5 Å². The van der Waals surface area contributed by atoms with Crippen molar-refractivity contribution in [2.75, 3.05) is 13.2 Å². The van der Waals surface area contributed by atoms with Crippen LogP contribution in [0, 0.1) is 0 Å². The van der Waals surface area contributed by atoms with Crippen LogP contribution >= 0.6 is 8.60 Å². The van der Waals surface area contributed by atoms with E-state index in [1.54, 1.807) is 12.2 Å². The second-order valence-electron chi connectivity index (χ2n) is 1.85. The zero-order valence-electron chi connectivity index (χ0n) is 7.81. The molecule has 0 aromatic rings. The topological polar surface area (TPSA) is 113 Å². The third-order valence-electron chi connectivity index (χ3n) is 0.606. The average Bonchev–Trinajstić information content (AvgIpc) is 2.08. The summed E-state index contributed by atoms with van der Waals surface area (Å²) in [5.74, 6) is 0. The van der Waals surface area contributed by atoms with Crippen molar-refractivity contribution in [3.63, 3.8) is 0 Å². The van der Waals surface area contributed by atoms with E-state index >= 15 is 0 Å². The molecule has 0 heterocycles. The molecule has 9 heteroatoms. The first kappa shape index (κ1) is 17.1. The lowest BCUT2D eigenvalue weighted by Gasteiger charge is -2.06. The van der Waals surface area contributed by atoms with Crippen molar-refractivity contribution >= 4 is 19.0 Å². The van der Waals surface area contributed by atoms with E-state index in [0.717, 1.165) is 0 Å². The predicted octanol–water partition coefficient (Wildman–Crippen LogP) is 0.958. The zero-order chi connectivity index (χ0) is 12.3. The minimum Gasteiger partial charge on any atom is -0.328 e. The fourth-order valence-corrected chi connectivity index (χ4v) is 0.811. The molecular weight excluding hydrogens is 247 g/mol. The van der Waals surface area contributed by atoms with E-state index in [0.29, 0.717) is 13.2 Å². The van der Waals surface area contributed by atoms with Crippen molar-refractivity contribution in [2.45, 2.75) is 0 Å². The van der Waals surface area contributed by atoms with E-state index in [1.165, 1.54) is 0 Å². The molecule has 3 N–H and O–H groups in total. The van der Waals surface area contributed by atoms with Gasteiger partial charge in [-0.25, -0.2) is 0 Å². The summed E-state index contributed by atoms with van der Waals surface area (Å²) in [6.45, 7) is 7.43. The highest BCUT2D eigenvalue weighted by molar-refractivity contribution is 7.79. The summed E-state index contributed by atoms with van der Waals surface area (Å²) in [4.78, 5) is 8.84. The van der Waals surface area contributed by atoms with Gasteiger partial charge in [0.1, 0.15) is 0 Å². The van der Waals surface area contributed by atoms with Crippen molar-refractivity contribution in [2.24, 2.45) is 0 Å². The molecule has 0 fully saturated rings. The Bertz CT molecular complexity index is 243. The molecule has 0 aromatic carbocycles. The third-order valence-corrected chi connectivity index (χ3v) is 1.35. The average molecular weight is 260 g/mol. The van der Waals surface area contributed by atoms with Crippen molar-refractivity contribution in [3.8, 4) is 0 Å². The summed E-state index contributed by atoms with van der Waals surface area (Å²) in [5, 5.41) is 0. The van der Waals surface area contributed by atoms with E-state index < -0.39 is 19.0 Å². The molecule has 0 amide bonds. The van der Waals surface area contributed by atoms with Crippen LogP contribution in [0.2, 0.25) is 0 Å². The molecule has 0 aliphatic heterocycles. The van der Waals surface area contributed by atoms with E-state index in [1.807, 2.05) is 0 Å². The van der Waals surface area contributed by atoms with Crippen LogP contribution in [0.4, 0.5) is 0 Å². The normalized spacial score (nSPS) is 10.4. The quantitative estimate of drug-likeness (QED) is 0.370. The van der Waals surface area contributed by atoms with E-state index in [-0.39, 0.29) is 0 Å². The van der Waals surface area contributed by atoms with Gasteiger partial charge in [0.2, 0.25) is 0 Å². The summed E-state index contributed by atoms with van der Waals surface area (Å²) < 4.78 is 41.0. The SMILES string of the molecule is C=CCOP(O)OCC=C.O=S(=O)(O)O. The molecule has 0 aliphatic rings. The van der Waals surface area contributed by atoms with Crippen molar-refractivity contribution < 1.29 is 31.5 Å². The first-order valence-corrected chi connectivity index (χ1v) is 6.00. The van der Waals surface area contributed by atoms with Gasteiger partial charge in [0.15, 0.2) is 0 Å². The molecule has 0 unspecified atom stereocenters. The van der Waals surface area contributed by atoms with Gasteiger partial charge in [-0.3, -0.25) is 9.11 Å². The van der Waals surface area contributed by atoms with E-state index in [9.17, 15) is 0 Å². The van der Waals surface area contributed by atoms with Gasteiger partial charge in [0, 0.05) is 0 Å². The van der Waals surface area contributed by atoms with Gasteiger partial charge in [-0.05, 0) is 0 Å². The van der Waals surface area contributed by atoms with Crippen LogP contribution in [-0.2, 0) is 19.4 Å². The first-order chi connectivity index (χ1) is 6.81. The van der Waals surface area contributed by atoms with Gasteiger partial charge in [0.05, 0.1) is 13.2 Å². The lowest BCUT2D eigenvalue weighted by atomic mass is 10.7. The van der Waals surface area contributed by atoms with Crippen LogP contribution in [0.5, 0.6) is 0 Å². The molecular formula is C6H13O7PS. The van der Waals surface area contributed by atoms with Crippen molar-refractivity contribution in [1.29, 1.82) is 0 Å². The Morgan fingerprint density at radius 3 is 1.60 bits per heavy atom. The molecule has 15 heavy (non-hydrogen) atoms. The fraction of sp³-hybridized carbons (Fsp3) is 0.333. The van der Waals surface area contributed by atoms with Crippen LogP contribution in [0.15, 0.2) is 25.3 Å². The molecule has 0 rings (SSSR count). The number of rotatable bonds is 6. The maximum absolute atomic E-state index is 8.84. The Morgan fingerprint density at radius 2 is 1.40 bits per heavy atom. The van der Waals surface area contributed by atoms with Crippen molar-refractivity contribution in [3.05, 3.63) is 25.3 Å². The van der Waals surface area contributed by atoms with Gasteiger partial charge in [-0.15, -0.1) is 13.2 Å². The Kier molecular flexibility index (Phi) is 11.6. The van der Waals surface area contributed by atoms with Crippen molar-refractivity contribution in [1.82, 2.24) is 0 Å². The highest BCUT2D eigenvalue weighted by Gasteiger charge is 2.01. The minimum absolute atomic E-state index is 0.305. The largest absolute Gasteiger partial charge is 0.394 e. The second-order valence-corrected chi connectivity index (χ2v) is 3.74. The van der Waals surface area contributed by atoms with Crippen LogP contribution in [-0.4, -0.2) is 35.6 Å². The lowest BCUT2D eigenvalue weighted by Crippen LogP contribution is -1.89. The zero-order valence-corrected chi connectivity index (χ0v) is 9.52. The molecule has 0 saturated heterocycles. The highest BCUT2D eigenvalue weighted by Crippen LogP contribution is 2.31. The maximum atomic E-state index is 8.84. The van der Waals surface area contributed by atoms with Gasteiger partial charge in [0.25, 0.3) is 0 Å². The van der Waals surface area contributed by atoms with Crippen LogP contribution in [0.3, 0.4) is 0 Å². The summed E-state index contributed by atoms with van der Waals surface area (Å²) in [7, 11) is -6.40. The summed E-state index contributed by atoms with van der Waals surface area (Å²) in [5.41, 5.74) is 0. The van der Waals surface area contributed by atoms with Crippen LogP contribution < -0.4 is 0 Å². The van der Waals surface area contributed by atoms with Gasteiger partial charge >= 0.3 is 19.0 Å². The van der Waals surface area contributed by atoms with Crippen LogP contribution in [0.25, 0.3) is 0 Å². The van der Waals surface area contributed by atoms with Gasteiger partial charge in [-0.2, -0.15) is 8.42 Å². The van der Waals surface area contributed by atoms with E-state index in [2.05, 4.69) is 13.2 Å². The summed E-state index contributed by atoms with van der Waals surface area (Å²) >= 11 is 0. The van der Waals surface area contributed by atoms with Gasteiger partial charge in [-0.1, -0.05) is 12.2 Å². The second kappa shape index (κ2) is 10.2. The molecule has 7 nitrogen and oxygen atoms in total. The molecule has 0 atom stereocenters. The standard InChI is InChI=1S/C6H11O3P.H2O4S/c1-3-5-8-10(7)9-6-4-2;1-5(2,3)4/h3-4,7H,1-2,5-6H2;(H2,1,2,3,4).